The Bertz CT molecular complexity index is 1270. The highest BCUT2D eigenvalue weighted by Gasteiger charge is 2.67. The molecule has 158 valence electrons. The van der Waals surface area contributed by atoms with Crippen LogP contribution in [0.2, 0.25) is 0 Å². The molecule has 1 aliphatic heterocycles. The fraction of sp³-hybridized carbons (Fsp3) is 0.192. The Morgan fingerprint density at radius 2 is 1.44 bits per heavy atom. The van der Waals surface area contributed by atoms with E-state index in [1.165, 1.54) is 12.0 Å². The number of alkyl halides is 1. The number of amides is 2. The molecule has 3 aromatic rings. The number of carbonyl (C=O) groups excluding carboxylic acids is 3. The van der Waals surface area contributed by atoms with Crippen LogP contribution >= 0.6 is 11.6 Å². The molecule has 0 saturated carbocycles. The summed E-state index contributed by atoms with van der Waals surface area (Å²) >= 11 is 7.40. The average Bonchev–Trinajstić information content (AvgIpc) is 3.10. The third-order valence-electron chi connectivity index (χ3n) is 7.06. The van der Waals surface area contributed by atoms with Crippen molar-refractivity contribution in [2.75, 3.05) is 12.0 Å². The number of halogens is 1. The molecule has 2 atom stereocenters. The summed E-state index contributed by atoms with van der Waals surface area (Å²) in [5.74, 6) is -2.56. The van der Waals surface area contributed by atoms with Gasteiger partial charge in [-0.3, -0.25) is 9.59 Å². The molecule has 1 fully saturated rings. The number of anilines is 1. The second-order valence-corrected chi connectivity index (χ2v) is 9.01. The number of methoxy groups -OCH3 is 1. The molecule has 0 aromatic heterocycles. The first-order valence-corrected chi connectivity index (χ1v) is 10.8. The van der Waals surface area contributed by atoms with Crippen LogP contribution in [0.1, 0.15) is 38.5 Å². The normalized spacial score (nSPS) is 27.1. The maximum Gasteiger partial charge on any atom is 0.337 e. The van der Waals surface area contributed by atoms with Gasteiger partial charge >= 0.3 is 5.97 Å². The van der Waals surface area contributed by atoms with Crippen molar-refractivity contribution in [2.24, 2.45) is 11.8 Å². The zero-order chi connectivity index (χ0) is 22.2. The number of nitrogens with zero attached hydrogens (tertiary/aromatic N) is 1. The van der Waals surface area contributed by atoms with Gasteiger partial charge in [0.15, 0.2) is 0 Å². The van der Waals surface area contributed by atoms with Crippen molar-refractivity contribution >= 4 is 35.1 Å². The number of hydrogen-bond donors (Lipinski definition) is 0. The van der Waals surface area contributed by atoms with Gasteiger partial charge in [-0.15, -0.1) is 11.6 Å². The third-order valence-corrected chi connectivity index (χ3v) is 7.70. The monoisotopic (exact) mass is 443 g/mol. The number of carbonyl (C=O) groups is 3. The van der Waals surface area contributed by atoms with Crippen LogP contribution < -0.4 is 4.90 Å². The molecule has 1 saturated heterocycles. The van der Waals surface area contributed by atoms with Gasteiger partial charge in [0, 0.05) is 5.92 Å². The minimum absolute atomic E-state index is 0.233. The van der Waals surface area contributed by atoms with E-state index in [9.17, 15) is 14.4 Å². The minimum atomic E-state index is -1.11. The Morgan fingerprint density at radius 3 is 2.00 bits per heavy atom. The molecule has 3 aliphatic carbocycles. The molecular weight excluding hydrogens is 426 g/mol. The lowest BCUT2D eigenvalue weighted by Gasteiger charge is -2.50. The number of esters is 1. The SMILES string of the molecule is COC(=O)c1ccc(N2C(=O)[C@H]3C4c5ccccc5C(Cl)(c5ccccc54)[C@H]3C2=O)cc1. The number of imide groups is 1. The molecule has 0 N–H and O–H groups in total. The largest absolute Gasteiger partial charge is 0.465 e. The van der Waals surface area contributed by atoms with Crippen molar-refractivity contribution in [1.82, 2.24) is 0 Å². The van der Waals surface area contributed by atoms with E-state index in [1.54, 1.807) is 24.3 Å². The highest BCUT2D eigenvalue weighted by molar-refractivity contribution is 6.33. The van der Waals surface area contributed by atoms with Crippen LogP contribution in [0.25, 0.3) is 0 Å². The zero-order valence-corrected chi connectivity index (χ0v) is 17.9. The summed E-state index contributed by atoms with van der Waals surface area (Å²) in [5, 5.41) is 0. The third kappa shape index (κ3) is 2.21. The van der Waals surface area contributed by atoms with Crippen LogP contribution in [0, 0.1) is 11.8 Å². The summed E-state index contributed by atoms with van der Waals surface area (Å²) in [4.78, 5) is 39.4. The first-order chi connectivity index (χ1) is 15.5. The fourth-order valence-corrected chi connectivity index (χ4v) is 6.37. The molecular formula is C26H18ClNO4. The van der Waals surface area contributed by atoms with E-state index in [4.69, 9.17) is 16.3 Å². The summed E-state index contributed by atoms with van der Waals surface area (Å²) < 4.78 is 4.74. The van der Waals surface area contributed by atoms with Crippen LogP contribution in [0.5, 0.6) is 0 Å². The van der Waals surface area contributed by atoms with Gasteiger partial charge in [-0.2, -0.15) is 0 Å². The molecule has 5 nitrogen and oxygen atoms in total. The van der Waals surface area contributed by atoms with Gasteiger partial charge in [0.2, 0.25) is 11.8 Å². The molecule has 2 amide bonds. The van der Waals surface area contributed by atoms with Gasteiger partial charge in [-0.25, -0.2) is 9.69 Å². The second-order valence-electron chi connectivity index (χ2n) is 8.42. The lowest BCUT2D eigenvalue weighted by atomic mass is 9.54. The van der Waals surface area contributed by atoms with E-state index in [0.717, 1.165) is 22.3 Å². The Kier molecular flexibility index (Phi) is 3.93. The predicted molar refractivity (Wildman–Crippen MR) is 119 cm³/mol. The molecule has 7 rings (SSSR count). The number of rotatable bonds is 2. The smallest absolute Gasteiger partial charge is 0.337 e. The minimum Gasteiger partial charge on any atom is -0.465 e. The Morgan fingerprint density at radius 1 is 0.875 bits per heavy atom. The maximum absolute atomic E-state index is 13.8. The van der Waals surface area contributed by atoms with Crippen molar-refractivity contribution in [3.63, 3.8) is 0 Å². The first-order valence-electron chi connectivity index (χ1n) is 10.4. The van der Waals surface area contributed by atoms with Gasteiger partial charge in [-0.1, -0.05) is 48.5 Å². The summed E-state index contributed by atoms with van der Waals surface area (Å²) in [6.45, 7) is 0. The standard InChI is InChI=1S/C26H18ClNO4/c1-32-25(31)14-10-12-15(13-11-14)28-23(29)21-20-16-6-2-4-8-18(16)26(27,22(21)24(28)30)19-9-5-3-7-17(19)20/h2-13,20-22H,1H3/t20?,21-,22+,26?/m0/s1. The number of benzene rings is 3. The molecule has 4 aliphatic rings. The van der Waals surface area contributed by atoms with Crippen molar-refractivity contribution in [3.05, 3.63) is 101 Å². The van der Waals surface area contributed by atoms with Gasteiger partial charge in [0.05, 0.1) is 30.2 Å². The molecule has 6 heteroatoms. The predicted octanol–water partition coefficient (Wildman–Crippen LogP) is 4.22. The number of ether oxygens (including phenoxy) is 1. The number of hydrogen-bond acceptors (Lipinski definition) is 4. The molecule has 2 bridgehead atoms. The lowest BCUT2D eigenvalue weighted by molar-refractivity contribution is -0.122. The molecule has 3 aromatic carbocycles. The molecule has 0 radical (unpaired) electrons. The summed E-state index contributed by atoms with van der Waals surface area (Å²) in [7, 11) is 1.31. The average molecular weight is 444 g/mol. The summed E-state index contributed by atoms with van der Waals surface area (Å²) in [6.07, 6.45) is 0. The molecule has 0 unspecified atom stereocenters. The molecule has 32 heavy (non-hydrogen) atoms. The Labute approximate surface area is 189 Å². The van der Waals surface area contributed by atoms with Crippen LogP contribution in [0.3, 0.4) is 0 Å². The zero-order valence-electron chi connectivity index (χ0n) is 17.1. The highest BCUT2D eigenvalue weighted by Crippen LogP contribution is 2.65. The van der Waals surface area contributed by atoms with E-state index >= 15 is 0 Å². The highest BCUT2D eigenvalue weighted by atomic mass is 35.5. The van der Waals surface area contributed by atoms with E-state index < -0.39 is 22.7 Å². The lowest BCUT2D eigenvalue weighted by Crippen LogP contribution is -2.50. The topological polar surface area (TPSA) is 63.7 Å². The summed E-state index contributed by atoms with van der Waals surface area (Å²) in [5.41, 5.74) is 4.58. The quantitative estimate of drug-likeness (QED) is 0.338. The molecule has 1 heterocycles. The fourth-order valence-electron chi connectivity index (χ4n) is 5.80. The van der Waals surface area contributed by atoms with Gasteiger partial charge < -0.3 is 4.74 Å². The van der Waals surface area contributed by atoms with Crippen molar-refractivity contribution in [3.8, 4) is 0 Å². The van der Waals surface area contributed by atoms with Crippen LogP contribution in [0.15, 0.2) is 72.8 Å². The molecule has 0 spiro atoms. The summed E-state index contributed by atoms with van der Waals surface area (Å²) in [6, 6.07) is 22.0. The van der Waals surface area contributed by atoms with E-state index in [-0.39, 0.29) is 17.7 Å². The second kappa shape index (κ2) is 6.53. The Balaban J connectivity index is 1.52. The van der Waals surface area contributed by atoms with Crippen LogP contribution in [-0.4, -0.2) is 24.9 Å². The van der Waals surface area contributed by atoms with Crippen molar-refractivity contribution < 1.29 is 19.1 Å². The van der Waals surface area contributed by atoms with Gasteiger partial charge in [0.25, 0.3) is 0 Å². The van der Waals surface area contributed by atoms with E-state index in [0.29, 0.717) is 11.3 Å². The maximum atomic E-state index is 13.8. The van der Waals surface area contributed by atoms with Crippen molar-refractivity contribution in [2.45, 2.75) is 10.8 Å². The van der Waals surface area contributed by atoms with E-state index in [2.05, 4.69) is 0 Å². The first kappa shape index (κ1) is 19.3. The van der Waals surface area contributed by atoms with Crippen molar-refractivity contribution in [1.29, 1.82) is 0 Å². The Hall–Kier alpha value is -3.44. The van der Waals surface area contributed by atoms with Gasteiger partial charge in [-0.05, 0) is 46.5 Å². The van der Waals surface area contributed by atoms with Gasteiger partial charge in [0.1, 0.15) is 4.87 Å². The van der Waals surface area contributed by atoms with Crippen LogP contribution in [0.4, 0.5) is 5.69 Å². The van der Waals surface area contributed by atoms with Crippen LogP contribution in [-0.2, 0) is 19.2 Å². The van der Waals surface area contributed by atoms with E-state index in [1.807, 2.05) is 48.5 Å².